The Morgan fingerprint density at radius 1 is 0.882 bits per heavy atom. The molecular formula is C29H32N2O3. The van der Waals surface area contributed by atoms with Crippen LogP contribution in [0.15, 0.2) is 97.6 Å². The molecule has 0 aliphatic rings. The van der Waals surface area contributed by atoms with Crippen LogP contribution in [0, 0.1) is 5.92 Å². The van der Waals surface area contributed by atoms with Crippen LogP contribution in [0.2, 0.25) is 0 Å². The summed E-state index contributed by atoms with van der Waals surface area (Å²) < 4.78 is 13.6. The molecule has 5 heteroatoms. The number of rotatable bonds is 10. The van der Waals surface area contributed by atoms with Crippen LogP contribution in [-0.2, 0) is 12.0 Å². The first-order valence-corrected chi connectivity index (χ1v) is 11.6. The fourth-order valence-electron chi connectivity index (χ4n) is 5.21. The highest BCUT2D eigenvalue weighted by Crippen LogP contribution is 2.51. The minimum Gasteiger partial charge on any atom is -0.493 e. The third-order valence-electron chi connectivity index (χ3n) is 6.63. The summed E-state index contributed by atoms with van der Waals surface area (Å²) in [5.74, 6) is 1.40. The Hall–Kier alpha value is -3.57. The van der Waals surface area contributed by atoms with Crippen LogP contribution in [0.5, 0.6) is 11.5 Å². The Morgan fingerprint density at radius 3 is 2.06 bits per heavy atom. The van der Waals surface area contributed by atoms with Gasteiger partial charge in [-0.2, -0.15) is 0 Å². The summed E-state index contributed by atoms with van der Waals surface area (Å²) in [6.07, 6.45) is 5.37. The number of nitrogens with zero attached hydrogens (tertiary/aromatic N) is 2. The molecule has 2 atom stereocenters. The van der Waals surface area contributed by atoms with Gasteiger partial charge in [0.1, 0.15) is 0 Å². The average molecular weight is 457 g/mol. The van der Waals surface area contributed by atoms with E-state index in [1.54, 1.807) is 26.7 Å². The predicted molar refractivity (Wildman–Crippen MR) is 134 cm³/mol. The van der Waals surface area contributed by atoms with Gasteiger partial charge in [-0.15, -0.1) is 0 Å². The maximum absolute atomic E-state index is 11.1. The van der Waals surface area contributed by atoms with Gasteiger partial charge in [0.2, 0.25) is 0 Å². The van der Waals surface area contributed by atoms with E-state index in [9.17, 15) is 5.11 Å². The van der Waals surface area contributed by atoms with E-state index < -0.39 is 11.5 Å². The minimum atomic E-state index is -0.585. The molecule has 4 aromatic rings. The van der Waals surface area contributed by atoms with Crippen molar-refractivity contribution in [2.45, 2.75) is 31.4 Å². The van der Waals surface area contributed by atoms with Gasteiger partial charge < -0.3 is 19.1 Å². The lowest BCUT2D eigenvalue weighted by Gasteiger charge is -2.42. The quantitative estimate of drug-likeness (QED) is 0.328. The Morgan fingerprint density at radius 2 is 1.53 bits per heavy atom. The Balaban J connectivity index is 1.93. The number of methoxy groups -OCH3 is 2. The number of hydrogen-bond donors (Lipinski definition) is 1. The van der Waals surface area contributed by atoms with Crippen molar-refractivity contribution in [2.75, 3.05) is 14.2 Å². The maximum atomic E-state index is 11.1. The molecule has 0 saturated carbocycles. The standard InChI is InChI=1S/C29H32N2O3/c1-22(19-25(32)20-31-18-17-30-21-31)29(23-11-6-4-7-12-23,24-13-8-5-9-14-24)26-15-10-16-27(33-2)28(26)34-3/h4-18,21-22,25,32H,19-20H2,1-3H3. The zero-order chi connectivity index (χ0) is 24.0. The summed E-state index contributed by atoms with van der Waals surface area (Å²) in [5.41, 5.74) is 2.69. The van der Waals surface area contributed by atoms with Crippen molar-refractivity contribution in [2.24, 2.45) is 5.92 Å². The Labute approximate surface area is 201 Å². The fraction of sp³-hybridized carbons (Fsp3) is 0.276. The summed E-state index contributed by atoms with van der Waals surface area (Å²) >= 11 is 0. The molecular weight excluding hydrogens is 424 g/mol. The normalized spacial score (nSPS) is 13.3. The van der Waals surface area contributed by atoms with Crippen molar-refractivity contribution >= 4 is 0 Å². The summed E-state index contributed by atoms with van der Waals surface area (Å²) in [6.45, 7) is 2.69. The molecule has 0 aliphatic heterocycles. The van der Waals surface area contributed by atoms with Crippen molar-refractivity contribution in [3.8, 4) is 11.5 Å². The molecule has 1 heterocycles. The second-order valence-electron chi connectivity index (χ2n) is 8.63. The second-order valence-corrected chi connectivity index (χ2v) is 8.63. The van der Waals surface area contributed by atoms with Crippen LogP contribution in [0.25, 0.3) is 0 Å². The number of aliphatic hydroxyl groups is 1. The van der Waals surface area contributed by atoms with Crippen LogP contribution in [0.4, 0.5) is 0 Å². The van der Waals surface area contributed by atoms with Gasteiger partial charge in [-0.3, -0.25) is 0 Å². The van der Waals surface area contributed by atoms with Gasteiger partial charge in [-0.05, 0) is 29.5 Å². The predicted octanol–water partition coefficient (Wildman–Crippen LogP) is 5.32. The monoisotopic (exact) mass is 456 g/mol. The van der Waals surface area contributed by atoms with Crippen LogP contribution in [0.3, 0.4) is 0 Å². The zero-order valence-electron chi connectivity index (χ0n) is 20.0. The number of hydrogen-bond acceptors (Lipinski definition) is 4. The summed E-state index contributed by atoms with van der Waals surface area (Å²) in [7, 11) is 3.34. The number of benzene rings is 3. The van der Waals surface area contributed by atoms with Crippen molar-refractivity contribution in [1.82, 2.24) is 9.55 Å². The topological polar surface area (TPSA) is 56.5 Å². The molecule has 0 fully saturated rings. The first-order valence-electron chi connectivity index (χ1n) is 11.6. The molecule has 0 amide bonds. The second kappa shape index (κ2) is 10.6. The Bertz CT molecular complexity index is 1120. The number of ether oxygens (including phenoxy) is 2. The van der Waals surface area contributed by atoms with E-state index in [1.807, 2.05) is 35.0 Å². The van der Waals surface area contributed by atoms with E-state index >= 15 is 0 Å². The van der Waals surface area contributed by atoms with Crippen LogP contribution < -0.4 is 9.47 Å². The maximum Gasteiger partial charge on any atom is 0.165 e. The molecule has 1 aromatic heterocycles. The fourth-order valence-corrected chi connectivity index (χ4v) is 5.21. The molecule has 0 spiro atoms. The van der Waals surface area contributed by atoms with Crippen LogP contribution in [-0.4, -0.2) is 35.0 Å². The van der Waals surface area contributed by atoms with Gasteiger partial charge in [-0.1, -0.05) is 79.7 Å². The van der Waals surface area contributed by atoms with Gasteiger partial charge in [0, 0.05) is 24.5 Å². The first-order chi connectivity index (χ1) is 16.6. The highest BCUT2D eigenvalue weighted by Gasteiger charge is 2.44. The van der Waals surface area contributed by atoms with Gasteiger partial charge in [-0.25, -0.2) is 4.98 Å². The van der Waals surface area contributed by atoms with Crippen LogP contribution >= 0.6 is 0 Å². The highest BCUT2D eigenvalue weighted by molar-refractivity contribution is 5.60. The molecule has 0 aliphatic carbocycles. The van der Waals surface area contributed by atoms with E-state index in [0.717, 1.165) is 16.7 Å². The van der Waals surface area contributed by atoms with Crippen molar-refractivity contribution in [3.63, 3.8) is 0 Å². The minimum absolute atomic E-state index is 0.0110. The lowest BCUT2D eigenvalue weighted by molar-refractivity contribution is 0.115. The zero-order valence-corrected chi connectivity index (χ0v) is 20.0. The largest absolute Gasteiger partial charge is 0.493 e. The molecule has 4 rings (SSSR count). The van der Waals surface area contributed by atoms with Gasteiger partial charge in [0.25, 0.3) is 0 Å². The summed E-state index contributed by atoms with van der Waals surface area (Å²) in [6, 6.07) is 27.0. The lowest BCUT2D eigenvalue weighted by atomic mass is 9.60. The number of imidazole rings is 1. The van der Waals surface area contributed by atoms with E-state index in [0.29, 0.717) is 24.5 Å². The van der Waals surface area contributed by atoms with Gasteiger partial charge in [0.15, 0.2) is 11.5 Å². The van der Waals surface area contributed by atoms with Crippen LogP contribution in [0.1, 0.15) is 30.0 Å². The SMILES string of the molecule is COc1cccc(C(c2ccccc2)(c2ccccc2)C(C)CC(O)Cn2ccnc2)c1OC. The first kappa shape index (κ1) is 23.6. The summed E-state index contributed by atoms with van der Waals surface area (Å²) in [5, 5.41) is 11.1. The molecule has 3 aromatic carbocycles. The van der Waals surface area contributed by atoms with Crippen molar-refractivity contribution in [3.05, 3.63) is 114 Å². The number of aliphatic hydroxyl groups excluding tert-OH is 1. The third-order valence-corrected chi connectivity index (χ3v) is 6.63. The molecule has 0 bridgehead atoms. The molecule has 1 N–H and O–H groups in total. The van der Waals surface area contributed by atoms with E-state index in [4.69, 9.17) is 9.47 Å². The van der Waals surface area contributed by atoms with Crippen molar-refractivity contribution in [1.29, 1.82) is 0 Å². The van der Waals surface area contributed by atoms with E-state index in [-0.39, 0.29) is 5.92 Å². The molecule has 5 nitrogen and oxygen atoms in total. The van der Waals surface area contributed by atoms with E-state index in [1.165, 1.54) is 0 Å². The molecule has 176 valence electrons. The molecule has 0 saturated heterocycles. The number of para-hydroxylation sites is 1. The number of aromatic nitrogens is 2. The smallest absolute Gasteiger partial charge is 0.165 e. The summed E-state index contributed by atoms with van der Waals surface area (Å²) in [4.78, 5) is 4.11. The Kier molecular flexibility index (Phi) is 7.33. The van der Waals surface area contributed by atoms with E-state index in [2.05, 4.69) is 66.5 Å². The molecule has 34 heavy (non-hydrogen) atoms. The highest BCUT2D eigenvalue weighted by atomic mass is 16.5. The molecule has 0 radical (unpaired) electrons. The molecule has 2 unspecified atom stereocenters. The van der Waals surface area contributed by atoms with Gasteiger partial charge in [0.05, 0.1) is 32.1 Å². The third kappa shape index (κ3) is 4.44. The average Bonchev–Trinajstić information content (AvgIpc) is 3.38. The lowest BCUT2D eigenvalue weighted by Crippen LogP contribution is -2.39. The van der Waals surface area contributed by atoms with Gasteiger partial charge >= 0.3 is 0 Å². The van der Waals surface area contributed by atoms with Crippen molar-refractivity contribution < 1.29 is 14.6 Å².